The molecule has 0 aliphatic carbocycles. The van der Waals surface area contributed by atoms with Gasteiger partial charge in [-0.1, -0.05) is 24.3 Å². The Kier molecular flexibility index (Phi) is 4.11. The fourth-order valence-electron chi connectivity index (χ4n) is 3.04. The second-order valence-electron chi connectivity index (χ2n) is 6.42. The molecule has 0 saturated carbocycles. The number of nitrogens with zero attached hydrogens (tertiary/aromatic N) is 2. The van der Waals surface area contributed by atoms with Crippen LogP contribution in [-0.4, -0.2) is 19.6 Å². The predicted octanol–water partition coefficient (Wildman–Crippen LogP) is 4.53. The molecule has 26 heavy (non-hydrogen) atoms. The molecule has 132 valence electrons. The van der Waals surface area contributed by atoms with Gasteiger partial charge in [-0.3, -0.25) is 0 Å². The summed E-state index contributed by atoms with van der Waals surface area (Å²) >= 11 is 1.29. The van der Waals surface area contributed by atoms with Crippen LogP contribution in [0.15, 0.2) is 40.8 Å². The van der Waals surface area contributed by atoms with Crippen LogP contribution in [0.3, 0.4) is 0 Å². The van der Waals surface area contributed by atoms with Gasteiger partial charge in [-0.05, 0) is 61.1 Å². The number of furan rings is 1. The van der Waals surface area contributed by atoms with Crippen molar-refractivity contribution in [2.45, 2.75) is 27.1 Å². The highest BCUT2D eigenvalue weighted by molar-refractivity contribution is 7.09. The summed E-state index contributed by atoms with van der Waals surface area (Å²) in [6.45, 7) is 5.92. The molecule has 0 unspecified atom stereocenters. The van der Waals surface area contributed by atoms with E-state index in [-0.39, 0.29) is 0 Å². The molecule has 0 fully saturated rings. The molecule has 4 aromatic rings. The van der Waals surface area contributed by atoms with Crippen molar-refractivity contribution in [2.24, 2.45) is 0 Å². The number of fused-ring (bicyclic) bond motifs is 1. The first-order valence-electron chi connectivity index (χ1n) is 8.25. The minimum absolute atomic E-state index is 0.479. The van der Waals surface area contributed by atoms with Crippen molar-refractivity contribution in [1.29, 1.82) is 0 Å². The van der Waals surface area contributed by atoms with Crippen LogP contribution in [0.25, 0.3) is 33.1 Å². The number of hydrogen-bond acceptors (Lipinski definition) is 6. The molecule has 4 rings (SSSR count). The van der Waals surface area contributed by atoms with Crippen molar-refractivity contribution in [3.05, 3.63) is 58.7 Å². The van der Waals surface area contributed by atoms with Crippen LogP contribution in [0.5, 0.6) is 0 Å². The average Bonchev–Trinajstić information content (AvgIpc) is 3.25. The Bertz CT molecular complexity index is 1070. The first-order chi connectivity index (χ1) is 12.4. The molecule has 2 N–H and O–H groups in total. The van der Waals surface area contributed by atoms with E-state index in [2.05, 4.69) is 28.4 Å². The first kappa shape index (κ1) is 16.9. The molecular weight excluding hydrogens is 348 g/mol. The van der Waals surface area contributed by atoms with Crippen LogP contribution in [0, 0.1) is 20.8 Å². The predicted molar refractivity (Wildman–Crippen MR) is 102 cm³/mol. The van der Waals surface area contributed by atoms with Gasteiger partial charge in [-0.2, -0.15) is 4.37 Å². The fraction of sp³-hybridized carbons (Fsp3) is 0.200. The Hall–Kier alpha value is -2.54. The lowest BCUT2D eigenvalue weighted by Gasteiger charge is -2.08. The van der Waals surface area contributed by atoms with Crippen LogP contribution in [-0.2, 0) is 0 Å². The second kappa shape index (κ2) is 6.32. The van der Waals surface area contributed by atoms with Crippen LogP contribution >= 0.6 is 11.5 Å². The lowest BCUT2D eigenvalue weighted by Crippen LogP contribution is -1.98. The lowest BCUT2D eigenvalue weighted by molar-refractivity contribution is -0.0429. The largest absolute Gasteiger partial charge is 0.453 e. The Morgan fingerprint density at radius 1 is 0.962 bits per heavy atom. The fourth-order valence-corrected chi connectivity index (χ4v) is 3.68. The summed E-state index contributed by atoms with van der Waals surface area (Å²) in [5, 5.41) is 20.5. The maximum Gasteiger partial charge on any atom is 0.179 e. The molecular formula is C20H18N2O3S. The van der Waals surface area contributed by atoms with E-state index in [0.717, 1.165) is 32.7 Å². The minimum Gasteiger partial charge on any atom is -0.453 e. The number of benzene rings is 2. The van der Waals surface area contributed by atoms with Gasteiger partial charge in [0.2, 0.25) is 0 Å². The van der Waals surface area contributed by atoms with Crippen molar-refractivity contribution in [2.75, 3.05) is 0 Å². The standard InChI is InChI=1S/C20H18N2O3S/c1-10-4-5-11(2)17-15(10)9-16(25-17)19-21-18(22-26-19)13-6-7-14(20(23)24)12(3)8-13/h4-9,20,23-24H,1-3H3. The third kappa shape index (κ3) is 2.82. The van der Waals surface area contributed by atoms with Crippen LogP contribution in [0.1, 0.15) is 28.5 Å². The summed E-state index contributed by atoms with van der Waals surface area (Å²) in [5.41, 5.74) is 5.23. The van der Waals surface area contributed by atoms with Gasteiger partial charge in [-0.25, -0.2) is 4.98 Å². The molecule has 2 heterocycles. The molecule has 0 radical (unpaired) electrons. The van der Waals surface area contributed by atoms with E-state index in [4.69, 9.17) is 4.42 Å². The second-order valence-corrected chi connectivity index (χ2v) is 7.17. The number of hydrogen-bond donors (Lipinski definition) is 2. The zero-order valence-corrected chi connectivity index (χ0v) is 15.5. The van der Waals surface area contributed by atoms with Crippen molar-refractivity contribution in [3.8, 4) is 22.2 Å². The van der Waals surface area contributed by atoms with Crippen LogP contribution < -0.4 is 0 Å². The average molecular weight is 366 g/mol. The molecule has 0 atom stereocenters. The van der Waals surface area contributed by atoms with Gasteiger partial charge in [-0.15, -0.1) is 0 Å². The normalized spacial score (nSPS) is 11.6. The van der Waals surface area contributed by atoms with Gasteiger partial charge < -0.3 is 14.6 Å². The smallest absolute Gasteiger partial charge is 0.179 e. The SMILES string of the molecule is Cc1cc(-c2nsc(-c3cc4c(C)ccc(C)c4o3)n2)ccc1C(O)O. The van der Waals surface area contributed by atoms with Gasteiger partial charge in [0.15, 0.2) is 22.9 Å². The van der Waals surface area contributed by atoms with Gasteiger partial charge in [0.05, 0.1) is 0 Å². The third-order valence-electron chi connectivity index (χ3n) is 4.54. The quantitative estimate of drug-likeness (QED) is 0.521. The zero-order valence-electron chi connectivity index (χ0n) is 14.6. The summed E-state index contributed by atoms with van der Waals surface area (Å²) in [7, 11) is 0. The molecule has 0 amide bonds. The molecule has 0 saturated heterocycles. The van der Waals surface area contributed by atoms with E-state index in [1.165, 1.54) is 17.1 Å². The third-order valence-corrected chi connectivity index (χ3v) is 5.27. The minimum atomic E-state index is -1.48. The molecule has 6 heteroatoms. The monoisotopic (exact) mass is 366 g/mol. The number of aliphatic hydroxyl groups is 2. The molecule has 2 aromatic heterocycles. The lowest BCUT2D eigenvalue weighted by atomic mass is 10.0. The first-order valence-corrected chi connectivity index (χ1v) is 9.02. The van der Waals surface area contributed by atoms with Gasteiger partial charge in [0, 0.05) is 16.5 Å². The number of rotatable bonds is 3. The highest BCUT2D eigenvalue weighted by Gasteiger charge is 2.16. The molecule has 0 bridgehead atoms. The summed E-state index contributed by atoms with van der Waals surface area (Å²) in [4.78, 5) is 4.61. The molecule has 5 nitrogen and oxygen atoms in total. The molecule has 0 aliphatic rings. The highest BCUT2D eigenvalue weighted by atomic mass is 32.1. The number of aryl methyl sites for hydroxylation is 3. The van der Waals surface area contributed by atoms with Crippen molar-refractivity contribution >= 4 is 22.5 Å². The Morgan fingerprint density at radius 2 is 1.73 bits per heavy atom. The maximum atomic E-state index is 9.35. The van der Waals surface area contributed by atoms with Gasteiger partial charge in [0.1, 0.15) is 5.58 Å². The summed E-state index contributed by atoms with van der Waals surface area (Å²) in [6.07, 6.45) is -1.48. The molecule has 0 spiro atoms. The topological polar surface area (TPSA) is 79.4 Å². The van der Waals surface area contributed by atoms with Crippen molar-refractivity contribution in [1.82, 2.24) is 9.36 Å². The molecule has 0 aliphatic heterocycles. The summed E-state index contributed by atoms with van der Waals surface area (Å²) < 4.78 is 10.5. The van der Waals surface area contributed by atoms with Crippen molar-refractivity contribution in [3.63, 3.8) is 0 Å². The van der Waals surface area contributed by atoms with E-state index in [1.807, 2.05) is 26.0 Å². The Labute approximate surface area is 154 Å². The van der Waals surface area contributed by atoms with E-state index < -0.39 is 6.29 Å². The summed E-state index contributed by atoms with van der Waals surface area (Å²) in [6, 6.07) is 11.5. The van der Waals surface area contributed by atoms with E-state index >= 15 is 0 Å². The van der Waals surface area contributed by atoms with Crippen molar-refractivity contribution < 1.29 is 14.6 Å². The Morgan fingerprint density at radius 3 is 2.42 bits per heavy atom. The zero-order chi connectivity index (χ0) is 18.4. The van der Waals surface area contributed by atoms with E-state index in [9.17, 15) is 10.2 Å². The van der Waals surface area contributed by atoms with Gasteiger partial charge >= 0.3 is 0 Å². The summed E-state index contributed by atoms with van der Waals surface area (Å²) in [5.74, 6) is 1.31. The number of aromatic nitrogens is 2. The number of aliphatic hydroxyl groups excluding tert-OH is 1. The maximum absolute atomic E-state index is 9.35. The van der Waals surface area contributed by atoms with Gasteiger partial charge in [0.25, 0.3) is 0 Å². The van der Waals surface area contributed by atoms with E-state index in [1.54, 1.807) is 12.1 Å². The van der Waals surface area contributed by atoms with Crippen LogP contribution in [0.2, 0.25) is 0 Å². The van der Waals surface area contributed by atoms with Crippen LogP contribution in [0.4, 0.5) is 0 Å². The molecule has 2 aromatic carbocycles. The Balaban J connectivity index is 1.74. The highest BCUT2D eigenvalue weighted by Crippen LogP contribution is 2.34. The van der Waals surface area contributed by atoms with E-state index in [0.29, 0.717) is 17.1 Å².